The quantitative estimate of drug-likeness (QED) is 0.496. The molecule has 1 saturated heterocycles. The van der Waals surface area contributed by atoms with Gasteiger partial charge in [-0.15, -0.1) is 0 Å². The summed E-state index contributed by atoms with van der Waals surface area (Å²) in [4.78, 5) is 22.3. The lowest BCUT2D eigenvalue weighted by Gasteiger charge is -2.07. The monoisotopic (exact) mass is 214 g/mol. The maximum absolute atomic E-state index is 11.3. The molecule has 0 aliphatic carbocycles. The average Bonchev–Trinajstić information content (AvgIpc) is 2.67. The molecule has 0 radical (unpaired) electrons. The lowest BCUT2D eigenvalue weighted by atomic mass is 10.1. The van der Waals surface area contributed by atoms with Crippen molar-refractivity contribution in [2.45, 2.75) is 45.1 Å². The average molecular weight is 214 g/mol. The van der Waals surface area contributed by atoms with Crippen molar-refractivity contribution in [3.05, 3.63) is 0 Å². The molecule has 1 aliphatic rings. The van der Waals surface area contributed by atoms with E-state index in [4.69, 9.17) is 9.47 Å². The van der Waals surface area contributed by atoms with Crippen LogP contribution in [0.25, 0.3) is 0 Å². The Bertz CT molecular complexity index is 219. The molecule has 0 aromatic heterocycles. The summed E-state index contributed by atoms with van der Waals surface area (Å²) in [5.74, 6) is -0.473. The predicted molar refractivity (Wildman–Crippen MR) is 54.5 cm³/mol. The first-order valence-corrected chi connectivity index (χ1v) is 5.51. The van der Waals surface area contributed by atoms with Gasteiger partial charge >= 0.3 is 5.97 Å². The predicted octanol–water partition coefficient (Wildman–Crippen LogP) is 1.47. The molecule has 1 heterocycles. The molecule has 1 unspecified atom stereocenters. The Morgan fingerprint density at radius 3 is 2.87 bits per heavy atom. The molecule has 86 valence electrons. The van der Waals surface area contributed by atoms with Crippen LogP contribution in [-0.2, 0) is 19.1 Å². The van der Waals surface area contributed by atoms with Crippen molar-refractivity contribution >= 4 is 11.8 Å². The van der Waals surface area contributed by atoms with Crippen LogP contribution in [0.4, 0.5) is 0 Å². The second-order valence-electron chi connectivity index (χ2n) is 3.69. The number of carbonyl (C=O) groups is 2. The molecule has 1 fully saturated rings. The minimum Gasteiger partial charge on any atom is -0.466 e. The summed E-state index contributed by atoms with van der Waals surface area (Å²) in [6, 6.07) is 0. The maximum atomic E-state index is 11.3. The van der Waals surface area contributed by atoms with Gasteiger partial charge in [-0.1, -0.05) is 0 Å². The fraction of sp³-hybridized carbons (Fsp3) is 0.818. The van der Waals surface area contributed by atoms with Gasteiger partial charge in [-0.3, -0.25) is 9.59 Å². The number of ether oxygens (including phenoxy) is 2. The largest absolute Gasteiger partial charge is 0.466 e. The highest BCUT2D eigenvalue weighted by Crippen LogP contribution is 2.17. The Morgan fingerprint density at radius 1 is 1.47 bits per heavy atom. The van der Waals surface area contributed by atoms with Gasteiger partial charge in [0.15, 0.2) is 0 Å². The van der Waals surface area contributed by atoms with Crippen LogP contribution in [0.1, 0.15) is 39.0 Å². The van der Waals surface area contributed by atoms with Crippen molar-refractivity contribution < 1.29 is 19.1 Å². The van der Waals surface area contributed by atoms with Gasteiger partial charge in [-0.25, -0.2) is 0 Å². The molecule has 0 saturated carbocycles. The molecule has 15 heavy (non-hydrogen) atoms. The van der Waals surface area contributed by atoms with Crippen molar-refractivity contribution in [2.24, 2.45) is 0 Å². The highest BCUT2D eigenvalue weighted by atomic mass is 16.5. The van der Waals surface area contributed by atoms with E-state index in [9.17, 15) is 9.59 Å². The Kier molecular flexibility index (Phi) is 5.32. The van der Waals surface area contributed by atoms with Crippen molar-refractivity contribution in [3.8, 4) is 0 Å². The zero-order chi connectivity index (χ0) is 11.1. The van der Waals surface area contributed by atoms with Crippen LogP contribution in [0.2, 0.25) is 0 Å². The molecule has 1 rings (SSSR count). The van der Waals surface area contributed by atoms with Crippen LogP contribution >= 0.6 is 0 Å². The molecule has 1 aliphatic heterocycles. The zero-order valence-corrected chi connectivity index (χ0v) is 9.16. The van der Waals surface area contributed by atoms with Gasteiger partial charge in [0.2, 0.25) is 0 Å². The lowest BCUT2D eigenvalue weighted by Crippen LogP contribution is -2.13. The normalized spacial score (nSPS) is 20.2. The van der Waals surface area contributed by atoms with Crippen LogP contribution in [0, 0.1) is 0 Å². The van der Waals surface area contributed by atoms with Crippen LogP contribution in [0.3, 0.4) is 0 Å². The smallest absolute Gasteiger partial charge is 0.313 e. The fourth-order valence-electron chi connectivity index (χ4n) is 1.66. The molecular weight excluding hydrogens is 196 g/mol. The van der Waals surface area contributed by atoms with Crippen LogP contribution in [0.5, 0.6) is 0 Å². The summed E-state index contributed by atoms with van der Waals surface area (Å²) in [5.41, 5.74) is 0. The van der Waals surface area contributed by atoms with Gasteiger partial charge in [0.05, 0.1) is 12.7 Å². The molecular formula is C11H18O4. The molecule has 0 N–H and O–H groups in total. The third kappa shape index (κ3) is 4.93. The van der Waals surface area contributed by atoms with Crippen LogP contribution < -0.4 is 0 Å². The van der Waals surface area contributed by atoms with E-state index in [1.165, 1.54) is 0 Å². The summed E-state index contributed by atoms with van der Waals surface area (Å²) >= 11 is 0. The van der Waals surface area contributed by atoms with E-state index in [0.717, 1.165) is 25.9 Å². The van der Waals surface area contributed by atoms with Gasteiger partial charge in [-0.2, -0.15) is 0 Å². The molecule has 0 aromatic rings. The minimum absolute atomic E-state index is 0.0519. The number of rotatable bonds is 6. The number of carbonyl (C=O) groups excluding carboxylic acids is 2. The van der Waals surface area contributed by atoms with Crippen molar-refractivity contribution in [3.63, 3.8) is 0 Å². The van der Waals surface area contributed by atoms with Crippen molar-refractivity contribution in [1.82, 2.24) is 0 Å². The van der Waals surface area contributed by atoms with Gasteiger partial charge in [-0.05, 0) is 26.2 Å². The Hall–Kier alpha value is -0.900. The molecule has 4 nitrogen and oxygen atoms in total. The molecule has 0 amide bonds. The van der Waals surface area contributed by atoms with E-state index >= 15 is 0 Å². The first kappa shape index (κ1) is 12.2. The third-order valence-electron chi connectivity index (χ3n) is 2.42. The summed E-state index contributed by atoms with van der Waals surface area (Å²) in [7, 11) is 0. The maximum Gasteiger partial charge on any atom is 0.313 e. The van der Waals surface area contributed by atoms with Gasteiger partial charge in [0.25, 0.3) is 0 Å². The topological polar surface area (TPSA) is 52.6 Å². The minimum atomic E-state index is -0.421. The molecule has 0 aromatic carbocycles. The molecule has 4 heteroatoms. The summed E-state index contributed by atoms with van der Waals surface area (Å²) < 4.78 is 10.1. The van der Waals surface area contributed by atoms with Gasteiger partial charge in [0, 0.05) is 13.0 Å². The zero-order valence-electron chi connectivity index (χ0n) is 9.16. The summed E-state index contributed by atoms with van der Waals surface area (Å²) in [6.45, 7) is 2.86. The van der Waals surface area contributed by atoms with Gasteiger partial charge in [0.1, 0.15) is 12.2 Å². The number of hydrogen-bond donors (Lipinski definition) is 0. The van der Waals surface area contributed by atoms with Gasteiger partial charge < -0.3 is 9.47 Å². The van der Waals surface area contributed by atoms with Crippen molar-refractivity contribution in [1.29, 1.82) is 0 Å². The van der Waals surface area contributed by atoms with E-state index in [-0.39, 0.29) is 18.3 Å². The second-order valence-corrected chi connectivity index (χ2v) is 3.69. The Morgan fingerprint density at radius 2 is 2.27 bits per heavy atom. The van der Waals surface area contributed by atoms with Crippen molar-refractivity contribution in [2.75, 3.05) is 13.2 Å². The Labute approximate surface area is 89.9 Å². The van der Waals surface area contributed by atoms with E-state index in [1.807, 2.05) is 0 Å². The van der Waals surface area contributed by atoms with Crippen LogP contribution in [-0.4, -0.2) is 31.1 Å². The highest BCUT2D eigenvalue weighted by molar-refractivity contribution is 5.95. The Balaban J connectivity index is 2.09. The number of hydrogen-bond acceptors (Lipinski definition) is 4. The van der Waals surface area contributed by atoms with E-state index in [1.54, 1.807) is 6.92 Å². The first-order chi connectivity index (χ1) is 7.22. The lowest BCUT2D eigenvalue weighted by molar-refractivity contribution is -0.145. The summed E-state index contributed by atoms with van der Waals surface area (Å²) in [5, 5.41) is 0. The first-order valence-electron chi connectivity index (χ1n) is 5.51. The van der Waals surface area contributed by atoms with Crippen LogP contribution in [0.15, 0.2) is 0 Å². The summed E-state index contributed by atoms with van der Waals surface area (Å²) in [6.07, 6.45) is 3.39. The standard InChI is InChI=1S/C11H18O4/c1-2-14-11(13)8-9(12)5-6-10-4-3-7-15-10/h10H,2-8H2,1H3. The third-order valence-corrected chi connectivity index (χ3v) is 2.42. The second kappa shape index (κ2) is 6.56. The fourth-order valence-corrected chi connectivity index (χ4v) is 1.66. The SMILES string of the molecule is CCOC(=O)CC(=O)CCC1CCCO1. The molecule has 0 spiro atoms. The molecule has 0 bridgehead atoms. The van der Waals surface area contributed by atoms with E-state index < -0.39 is 5.97 Å². The number of esters is 1. The van der Waals surface area contributed by atoms with E-state index in [0.29, 0.717) is 13.0 Å². The highest BCUT2D eigenvalue weighted by Gasteiger charge is 2.17. The molecule has 1 atom stereocenters. The number of ketones is 1. The van der Waals surface area contributed by atoms with E-state index in [2.05, 4.69) is 0 Å². The number of Topliss-reactive ketones (excluding diaryl/α,β-unsaturated/α-hetero) is 1.